The Kier molecular flexibility index (Phi) is 10.1. The molecule has 2 amide bonds. The summed E-state index contributed by atoms with van der Waals surface area (Å²) < 4.78 is 0. The first kappa shape index (κ1) is 22.6. The first-order valence-corrected chi connectivity index (χ1v) is 9.33. The van der Waals surface area contributed by atoms with Gasteiger partial charge in [-0.25, -0.2) is 0 Å². The van der Waals surface area contributed by atoms with E-state index in [-0.39, 0.29) is 18.0 Å². The molecule has 27 heavy (non-hydrogen) atoms. The van der Waals surface area contributed by atoms with Crippen molar-refractivity contribution >= 4 is 23.2 Å². The van der Waals surface area contributed by atoms with Gasteiger partial charge < -0.3 is 22.1 Å². The van der Waals surface area contributed by atoms with Crippen molar-refractivity contribution in [1.82, 2.24) is 10.6 Å². The van der Waals surface area contributed by atoms with Crippen molar-refractivity contribution in [2.75, 3.05) is 17.2 Å². The first-order chi connectivity index (χ1) is 12.9. The van der Waals surface area contributed by atoms with Crippen LogP contribution in [-0.4, -0.2) is 30.7 Å². The Balaban J connectivity index is 2.89. The van der Waals surface area contributed by atoms with Crippen molar-refractivity contribution < 1.29 is 9.59 Å². The molecule has 0 aromatic heterocycles. The van der Waals surface area contributed by atoms with Crippen LogP contribution in [0.2, 0.25) is 0 Å². The lowest BCUT2D eigenvalue weighted by molar-refractivity contribution is -0.116. The van der Waals surface area contributed by atoms with E-state index in [2.05, 4.69) is 21.3 Å². The summed E-state index contributed by atoms with van der Waals surface area (Å²) in [5.41, 5.74) is 13.2. The normalized spacial score (nSPS) is 13.7. The molecule has 8 N–H and O–H groups in total. The maximum atomic E-state index is 12.7. The quantitative estimate of drug-likeness (QED) is 0.255. The van der Waals surface area contributed by atoms with E-state index in [9.17, 15) is 9.59 Å². The topological polar surface area (TPSA) is 134 Å². The van der Waals surface area contributed by atoms with Crippen LogP contribution in [0.15, 0.2) is 36.0 Å². The first-order valence-electron chi connectivity index (χ1n) is 9.33. The van der Waals surface area contributed by atoms with Gasteiger partial charge in [0, 0.05) is 24.0 Å². The van der Waals surface area contributed by atoms with Gasteiger partial charge in [-0.3, -0.25) is 20.2 Å². The van der Waals surface area contributed by atoms with Crippen LogP contribution in [0.25, 0.3) is 0 Å². The molecule has 1 aromatic carbocycles. The molecule has 0 spiro atoms. The molecule has 1 aromatic rings. The highest BCUT2D eigenvalue weighted by Gasteiger charge is 2.21. The summed E-state index contributed by atoms with van der Waals surface area (Å²) in [5.74, 6) is -0.441. The maximum absolute atomic E-state index is 12.7. The molecule has 8 heteroatoms. The van der Waals surface area contributed by atoms with Crippen LogP contribution >= 0.6 is 0 Å². The van der Waals surface area contributed by atoms with Crippen LogP contribution in [0.4, 0.5) is 11.4 Å². The standard InChI is InChI=1S/C19H32N6O2/c1-4-10-22-18(25-16(21)5-2)15(12-20)19(27)24-14-9-7-8-13(11-14)23-17(26)6-3/h7-9,11-12,16,18,22,25H,4-6,10,20-21H2,1-3H3,(H,23,26)(H,24,27)/b15-12+. The summed E-state index contributed by atoms with van der Waals surface area (Å²) in [6.07, 6.45) is 2.54. The van der Waals surface area contributed by atoms with E-state index in [4.69, 9.17) is 11.5 Å². The molecule has 0 aliphatic carbocycles. The van der Waals surface area contributed by atoms with Gasteiger partial charge in [-0.05, 0) is 37.6 Å². The van der Waals surface area contributed by atoms with Gasteiger partial charge in [0.2, 0.25) is 5.91 Å². The fourth-order valence-electron chi connectivity index (χ4n) is 2.31. The molecule has 0 fully saturated rings. The van der Waals surface area contributed by atoms with Crippen LogP contribution in [0.1, 0.15) is 40.0 Å². The van der Waals surface area contributed by atoms with Crippen molar-refractivity contribution in [2.45, 2.75) is 52.4 Å². The Labute approximate surface area is 161 Å². The van der Waals surface area contributed by atoms with E-state index in [1.54, 1.807) is 31.2 Å². The molecule has 8 nitrogen and oxygen atoms in total. The Morgan fingerprint density at radius 3 is 2.37 bits per heavy atom. The fourth-order valence-corrected chi connectivity index (χ4v) is 2.31. The fraction of sp³-hybridized carbons (Fsp3) is 0.474. The second-order valence-electron chi connectivity index (χ2n) is 6.13. The summed E-state index contributed by atoms with van der Waals surface area (Å²) in [7, 11) is 0. The summed E-state index contributed by atoms with van der Waals surface area (Å²) in [5, 5.41) is 12.0. The van der Waals surface area contributed by atoms with Crippen LogP contribution in [0.3, 0.4) is 0 Å². The van der Waals surface area contributed by atoms with E-state index >= 15 is 0 Å². The maximum Gasteiger partial charge on any atom is 0.256 e. The third kappa shape index (κ3) is 7.78. The Morgan fingerprint density at radius 1 is 1.15 bits per heavy atom. The minimum Gasteiger partial charge on any atom is -0.404 e. The average molecular weight is 377 g/mol. The Hall–Kier alpha value is -2.42. The molecule has 0 saturated heterocycles. The number of amides is 2. The van der Waals surface area contributed by atoms with Gasteiger partial charge in [0.25, 0.3) is 5.91 Å². The lowest BCUT2D eigenvalue weighted by atomic mass is 10.1. The number of rotatable bonds is 11. The highest BCUT2D eigenvalue weighted by Crippen LogP contribution is 2.16. The van der Waals surface area contributed by atoms with Crippen molar-refractivity contribution in [3.05, 3.63) is 36.0 Å². The molecule has 0 aliphatic rings. The third-order valence-corrected chi connectivity index (χ3v) is 3.90. The van der Waals surface area contributed by atoms with Crippen molar-refractivity contribution in [1.29, 1.82) is 0 Å². The van der Waals surface area contributed by atoms with Gasteiger partial charge in [-0.15, -0.1) is 0 Å². The highest BCUT2D eigenvalue weighted by molar-refractivity contribution is 6.05. The molecule has 0 bridgehead atoms. The number of carbonyl (C=O) groups is 2. The minimum atomic E-state index is -0.465. The van der Waals surface area contributed by atoms with Crippen molar-refractivity contribution in [3.63, 3.8) is 0 Å². The van der Waals surface area contributed by atoms with Gasteiger partial charge in [-0.1, -0.05) is 26.8 Å². The molecule has 2 unspecified atom stereocenters. The predicted molar refractivity (Wildman–Crippen MR) is 110 cm³/mol. The molecule has 0 aliphatic heterocycles. The van der Waals surface area contributed by atoms with E-state index in [0.717, 1.165) is 6.42 Å². The van der Waals surface area contributed by atoms with Crippen molar-refractivity contribution in [2.24, 2.45) is 11.5 Å². The molecular weight excluding hydrogens is 344 g/mol. The van der Waals surface area contributed by atoms with E-state index in [1.807, 2.05) is 13.8 Å². The second kappa shape index (κ2) is 12.1. The lowest BCUT2D eigenvalue weighted by Crippen LogP contribution is -2.53. The van der Waals surface area contributed by atoms with Gasteiger partial charge >= 0.3 is 0 Å². The van der Waals surface area contributed by atoms with E-state index in [1.165, 1.54) is 6.20 Å². The van der Waals surface area contributed by atoms with E-state index in [0.29, 0.717) is 36.3 Å². The molecular formula is C19H32N6O2. The SMILES string of the molecule is CCCNC(NC(N)CC)/C(=C\N)C(=O)Nc1cccc(NC(=O)CC)c1. The zero-order chi connectivity index (χ0) is 20.2. The van der Waals surface area contributed by atoms with Crippen LogP contribution < -0.4 is 32.7 Å². The number of carbonyl (C=O) groups excluding carboxylic acids is 2. The summed E-state index contributed by atoms with van der Waals surface area (Å²) >= 11 is 0. The van der Waals surface area contributed by atoms with Gasteiger partial charge in [0.15, 0.2) is 0 Å². The zero-order valence-electron chi connectivity index (χ0n) is 16.3. The Morgan fingerprint density at radius 2 is 1.81 bits per heavy atom. The molecule has 0 radical (unpaired) electrons. The zero-order valence-corrected chi connectivity index (χ0v) is 16.3. The third-order valence-electron chi connectivity index (χ3n) is 3.90. The number of hydrogen-bond donors (Lipinski definition) is 6. The van der Waals surface area contributed by atoms with Gasteiger partial charge in [0.1, 0.15) is 0 Å². The molecule has 2 atom stereocenters. The lowest BCUT2D eigenvalue weighted by Gasteiger charge is -2.25. The molecule has 1 rings (SSSR count). The second-order valence-corrected chi connectivity index (χ2v) is 6.13. The summed E-state index contributed by atoms with van der Waals surface area (Å²) in [6.45, 7) is 6.47. The number of nitrogens with two attached hydrogens (primary N) is 2. The number of nitrogens with one attached hydrogen (secondary N) is 4. The summed E-state index contributed by atoms with van der Waals surface area (Å²) in [6, 6.07) is 6.95. The predicted octanol–water partition coefficient (Wildman–Crippen LogP) is 1.43. The van der Waals surface area contributed by atoms with Crippen LogP contribution in [-0.2, 0) is 9.59 Å². The van der Waals surface area contributed by atoms with Crippen LogP contribution in [0.5, 0.6) is 0 Å². The smallest absolute Gasteiger partial charge is 0.256 e. The monoisotopic (exact) mass is 376 g/mol. The molecule has 150 valence electrons. The molecule has 0 heterocycles. The van der Waals surface area contributed by atoms with Gasteiger partial charge in [-0.2, -0.15) is 0 Å². The largest absolute Gasteiger partial charge is 0.404 e. The van der Waals surface area contributed by atoms with Crippen molar-refractivity contribution in [3.8, 4) is 0 Å². The minimum absolute atomic E-state index is 0.0948. The Bertz CT molecular complexity index is 647. The number of anilines is 2. The van der Waals surface area contributed by atoms with Crippen LogP contribution in [0, 0.1) is 0 Å². The van der Waals surface area contributed by atoms with E-state index < -0.39 is 6.17 Å². The number of benzene rings is 1. The van der Waals surface area contributed by atoms with Gasteiger partial charge in [0.05, 0.1) is 17.9 Å². The molecule has 0 saturated carbocycles. The average Bonchev–Trinajstić information content (AvgIpc) is 2.66. The summed E-state index contributed by atoms with van der Waals surface area (Å²) in [4.78, 5) is 24.3. The highest BCUT2D eigenvalue weighted by atomic mass is 16.2. The number of hydrogen-bond acceptors (Lipinski definition) is 6.